The quantitative estimate of drug-likeness (QED) is 0.668. The predicted octanol–water partition coefficient (Wildman–Crippen LogP) is 5.03. The number of aliphatic hydroxyl groups excluding tert-OH is 1. The van der Waals surface area contributed by atoms with E-state index in [2.05, 4.69) is 32.9 Å². The zero-order valence-electron chi connectivity index (χ0n) is 17.6. The Balaban J connectivity index is 1.76. The molecule has 5 heteroatoms. The Morgan fingerprint density at radius 3 is 2.72 bits per heavy atom. The van der Waals surface area contributed by atoms with Crippen LogP contribution in [0.1, 0.15) is 58.9 Å². The minimum atomic E-state index is -0.843. The highest BCUT2D eigenvalue weighted by Crippen LogP contribution is 2.37. The SMILES string of the molecule is CC(C)=CCC/C(C)=C/CC[C@@]1(C)Oc2oc3cc(O)ccc3c(=O)c2C[C@H]1O. The third-order valence-electron chi connectivity index (χ3n) is 5.59. The van der Waals surface area contributed by atoms with Crippen molar-refractivity contribution in [3.8, 4) is 11.7 Å². The predicted molar refractivity (Wildman–Crippen MR) is 115 cm³/mol. The second kappa shape index (κ2) is 8.46. The fourth-order valence-electron chi connectivity index (χ4n) is 3.66. The molecule has 0 saturated carbocycles. The van der Waals surface area contributed by atoms with Gasteiger partial charge in [0.2, 0.25) is 0 Å². The average Bonchev–Trinajstić information content (AvgIpc) is 2.63. The van der Waals surface area contributed by atoms with Gasteiger partial charge in [0.05, 0.1) is 17.1 Å². The summed E-state index contributed by atoms with van der Waals surface area (Å²) >= 11 is 0. The van der Waals surface area contributed by atoms with Crippen molar-refractivity contribution in [2.24, 2.45) is 0 Å². The third kappa shape index (κ3) is 4.73. The number of allylic oxidation sites excluding steroid dienone is 4. The van der Waals surface area contributed by atoms with Crippen molar-refractivity contribution in [2.45, 2.75) is 71.5 Å². The maximum atomic E-state index is 12.7. The number of aromatic hydroxyl groups is 1. The number of aliphatic hydroxyl groups is 1. The van der Waals surface area contributed by atoms with Gasteiger partial charge >= 0.3 is 0 Å². The Hall–Kier alpha value is -2.53. The Bertz CT molecular complexity index is 1010. The lowest BCUT2D eigenvalue weighted by atomic mass is 9.86. The van der Waals surface area contributed by atoms with E-state index in [-0.39, 0.29) is 29.1 Å². The summed E-state index contributed by atoms with van der Waals surface area (Å²) in [4.78, 5) is 12.7. The summed E-state index contributed by atoms with van der Waals surface area (Å²) < 4.78 is 11.8. The first-order chi connectivity index (χ1) is 13.7. The second-order valence-electron chi connectivity index (χ2n) is 8.42. The molecule has 2 N–H and O–H groups in total. The van der Waals surface area contributed by atoms with Gasteiger partial charge in [-0.05, 0) is 65.5 Å². The van der Waals surface area contributed by atoms with Gasteiger partial charge < -0.3 is 19.4 Å². The normalized spacial score (nSPS) is 21.6. The molecule has 3 rings (SSSR count). The van der Waals surface area contributed by atoms with Gasteiger partial charge in [-0.2, -0.15) is 0 Å². The minimum Gasteiger partial charge on any atom is -0.508 e. The summed E-state index contributed by atoms with van der Waals surface area (Å²) in [5.41, 5.74) is 2.20. The van der Waals surface area contributed by atoms with Crippen LogP contribution in [0.15, 0.2) is 50.7 Å². The van der Waals surface area contributed by atoms with Gasteiger partial charge in [0.15, 0.2) is 5.43 Å². The van der Waals surface area contributed by atoms with E-state index in [1.54, 1.807) is 0 Å². The maximum Gasteiger partial charge on any atom is 0.292 e. The molecular formula is C24H30O5. The van der Waals surface area contributed by atoms with Crippen LogP contribution < -0.4 is 10.2 Å². The van der Waals surface area contributed by atoms with Crippen LogP contribution in [0, 0.1) is 0 Å². The molecule has 0 aliphatic carbocycles. The molecule has 29 heavy (non-hydrogen) atoms. The Kier molecular flexibility index (Phi) is 6.18. The van der Waals surface area contributed by atoms with Gasteiger partial charge in [0.25, 0.3) is 5.95 Å². The minimum absolute atomic E-state index is 0.0212. The molecule has 0 bridgehead atoms. The van der Waals surface area contributed by atoms with Crippen LogP contribution in [0.3, 0.4) is 0 Å². The van der Waals surface area contributed by atoms with Crippen molar-refractivity contribution < 1.29 is 19.4 Å². The Labute approximate surface area is 171 Å². The topological polar surface area (TPSA) is 79.9 Å². The summed E-state index contributed by atoms with van der Waals surface area (Å²) in [6, 6.07) is 4.38. The number of phenols is 1. The molecule has 0 radical (unpaired) electrons. The van der Waals surface area contributed by atoms with E-state index in [9.17, 15) is 15.0 Å². The molecule has 1 aliphatic heterocycles. The molecule has 5 nitrogen and oxygen atoms in total. The van der Waals surface area contributed by atoms with Crippen LogP contribution in [-0.2, 0) is 6.42 Å². The van der Waals surface area contributed by atoms with Gasteiger partial charge in [-0.1, -0.05) is 23.3 Å². The molecule has 0 unspecified atom stereocenters. The summed E-state index contributed by atoms with van der Waals surface area (Å²) in [5, 5.41) is 20.8. The third-order valence-corrected chi connectivity index (χ3v) is 5.59. The van der Waals surface area contributed by atoms with E-state index >= 15 is 0 Å². The van der Waals surface area contributed by atoms with Crippen LogP contribution in [0.4, 0.5) is 0 Å². The van der Waals surface area contributed by atoms with Crippen molar-refractivity contribution in [2.75, 3.05) is 0 Å². The summed E-state index contributed by atoms with van der Waals surface area (Å²) in [7, 11) is 0. The number of rotatable bonds is 6. The zero-order chi connectivity index (χ0) is 21.2. The van der Waals surface area contributed by atoms with E-state index in [1.807, 2.05) is 6.92 Å². The van der Waals surface area contributed by atoms with Crippen molar-refractivity contribution in [3.05, 3.63) is 57.3 Å². The van der Waals surface area contributed by atoms with Crippen molar-refractivity contribution >= 4 is 11.0 Å². The summed E-state index contributed by atoms with van der Waals surface area (Å²) in [6.07, 6.45) is 7.22. The number of phenolic OH excluding ortho intramolecular Hbond substituents is 1. The summed E-state index contributed by atoms with van der Waals surface area (Å²) in [5.74, 6) is 0.165. The standard InChI is InChI=1S/C24H30O5/c1-15(2)7-5-8-16(3)9-6-12-24(4)21(26)14-19-22(27)18-11-10-17(25)13-20(18)28-23(19)29-24/h7,9-11,13,21,25-26H,5-6,8,12,14H2,1-4H3/b16-9+/t21-,24-/m1/s1. The molecule has 1 aliphatic rings. The van der Waals surface area contributed by atoms with Gasteiger partial charge in [-0.3, -0.25) is 4.79 Å². The molecular weight excluding hydrogens is 368 g/mol. The van der Waals surface area contributed by atoms with Crippen LogP contribution in [0.5, 0.6) is 11.7 Å². The van der Waals surface area contributed by atoms with Crippen molar-refractivity contribution in [1.29, 1.82) is 0 Å². The lowest BCUT2D eigenvalue weighted by molar-refractivity contribution is -0.0726. The lowest BCUT2D eigenvalue weighted by Gasteiger charge is -2.38. The van der Waals surface area contributed by atoms with E-state index in [4.69, 9.17) is 9.15 Å². The van der Waals surface area contributed by atoms with Gasteiger partial charge in [-0.25, -0.2) is 0 Å². The van der Waals surface area contributed by atoms with E-state index in [1.165, 1.54) is 29.3 Å². The highest BCUT2D eigenvalue weighted by molar-refractivity contribution is 5.79. The first-order valence-corrected chi connectivity index (χ1v) is 10.1. The van der Waals surface area contributed by atoms with Gasteiger partial charge in [-0.15, -0.1) is 0 Å². The number of hydrogen-bond donors (Lipinski definition) is 2. The van der Waals surface area contributed by atoms with Crippen molar-refractivity contribution in [1.82, 2.24) is 0 Å². The fourth-order valence-corrected chi connectivity index (χ4v) is 3.66. The van der Waals surface area contributed by atoms with Crippen LogP contribution in [0.2, 0.25) is 0 Å². The summed E-state index contributed by atoms with van der Waals surface area (Å²) in [6.45, 7) is 8.16. The van der Waals surface area contributed by atoms with Crippen molar-refractivity contribution in [3.63, 3.8) is 0 Å². The molecule has 156 valence electrons. The van der Waals surface area contributed by atoms with Gasteiger partial charge in [0.1, 0.15) is 16.9 Å². The number of fused-ring (bicyclic) bond motifs is 2. The Morgan fingerprint density at radius 2 is 2.00 bits per heavy atom. The average molecular weight is 398 g/mol. The highest BCUT2D eigenvalue weighted by Gasteiger charge is 2.42. The largest absolute Gasteiger partial charge is 0.508 e. The number of benzene rings is 1. The maximum absolute atomic E-state index is 12.7. The smallest absolute Gasteiger partial charge is 0.292 e. The molecule has 2 aromatic rings. The van der Waals surface area contributed by atoms with E-state index in [0.29, 0.717) is 17.4 Å². The molecule has 1 aromatic heterocycles. The second-order valence-corrected chi connectivity index (χ2v) is 8.42. The van der Waals surface area contributed by atoms with Gasteiger partial charge in [0, 0.05) is 12.5 Å². The number of hydrogen-bond acceptors (Lipinski definition) is 5. The highest BCUT2D eigenvalue weighted by atomic mass is 16.6. The molecule has 2 atom stereocenters. The number of ether oxygens (including phenoxy) is 1. The van der Waals surface area contributed by atoms with Crippen LogP contribution in [0.25, 0.3) is 11.0 Å². The van der Waals surface area contributed by atoms with Crippen LogP contribution in [-0.4, -0.2) is 21.9 Å². The molecule has 0 amide bonds. The lowest BCUT2D eigenvalue weighted by Crippen LogP contribution is -2.50. The first kappa shape index (κ1) is 21.2. The molecule has 2 heterocycles. The monoisotopic (exact) mass is 398 g/mol. The zero-order valence-corrected chi connectivity index (χ0v) is 17.6. The molecule has 0 fully saturated rings. The first-order valence-electron chi connectivity index (χ1n) is 10.1. The van der Waals surface area contributed by atoms with E-state index < -0.39 is 11.7 Å². The molecule has 1 aromatic carbocycles. The van der Waals surface area contributed by atoms with E-state index in [0.717, 1.165) is 19.3 Å². The molecule has 0 saturated heterocycles. The molecule has 0 spiro atoms. The fraction of sp³-hybridized carbons (Fsp3) is 0.458. The Morgan fingerprint density at radius 1 is 1.24 bits per heavy atom. The van der Waals surface area contributed by atoms with Crippen LogP contribution >= 0.6 is 0 Å².